The number of methoxy groups -OCH3 is 1. The summed E-state index contributed by atoms with van der Waals surface area (Å²) in [7, 11) is 1.25. The SMILES string of the molecule is COC(=O)C(Nc1nc(N)ncc1F)c1ccccc1. The van der Waals surface area contributed by atoms with Crippen molar-refractivity contribution >= 4 is 17.7 Å². The average Bonchev–Trinajstić information content (AvgIpc) is 2.48. The Morgan fingerprint density at radius 2 is 2.10 bits per heavy atom. The van der Waals surface area contributed by atoms with E-state index >= 15 is 0 Å². The molecular weight excluding hydrogens is 263 g/mol. The van der Waals surface area contributed by atoms with E-state index in [9.17, 15) is 9.18 Å². The molecule has 1 aromatic heterocycles. The second-order valence-corrected chi connectivity index (χ2v) is 3.94. The van der Waals surface area contributed by atoms with Crippen LogP contribution >= 0.6 is 0 Å². The van der Waals surface area contributed by atoms with E-state index in [0.29, 0.717) is 5.56 Å². The number of aromatic nitrogens is 2. The van der Waals surface area contributed by atoms with Crippen molar-refractivity contribution in [2.24, 2.45) is 0 Å². The first-order valence-electron chi connectivity index (χ1n) is 5.79. The molecule has 0 radical (unpaired) electrons. The molecule has 6 nitrogen and oxygen atoms in total. The summed E-state index contributed by atoms with van der Waals surface area (Å²) in [5.74, 6) is -1.51. The number of nitrogens with one attached hydrogen (secondary N) is 1. The van der Waals surface area contributed by atoms with Crippen molar-refractivity contribution in [2.45, 2.75) is 6.04 Å². The summed E-state index contributed by atoms with van der Waals surface area (Å²) in [5.41, 5.74) is 6.03. The van der Waals surface area contributed by atoms with Crippen molar-refractivity contribution in [3.63, 3.8) is 0 Å². The van der Waals surface area contributed by atoms with Crippen LogP contribution in [-0.2, 0) is 9.53 Å². The lowest BCUT2D eigenvalue weighted by molar-refractivity contribution is -0.141. The number of anilines is 2. The Labute approximate surface area is 114 Å². The van der Waals surface area contributed by atoms with Gasteiger partial charge in [-0.05, 0) is 5.56 Å². The Balaban J connectivity index is 2.34. The van der Waals surface area contributed by atoms with Crippen LogP contribution in [0.5, 0.6) is 0 Å². The summed E-state index contributed by atoms with van der Waals surface area (Å²) >= 11 is 0. The highest BCUT2D eigenvalue weighted by molar-refractivity contribution is 5.80. The Hall–Kier alpha value is -2.70. The van der Waals surface area contributed by atoms with Crippen LogP contribution in [-0.4, -0.2) is 23.0 Å². The smallest absolute Gasteiger partial charge is 0.333 e. The zero-order chi connectivity index (χ0) is 14.5. The number of rotatable bonds is 4. The zero-order valence-corrected chi connectivity index (χ0v) is 10.7. The van der Waals surface area contributed by atoms with Gasteiger partial charge in [0.05, 0.1) is 13.3 Å². The number of hydrogen-bond acceptors (Lipinski definition) is 6. The van der Waals surface area contributed by atoms with E-state index in [1.54, 1.807) is 30.3 Å². The highest BCUT2D eigenvalue weighted by Gasteiger charge is 2.23. The zero-order valence-electron chi connectivity index (χ0n) is 10.7. The highest BCUT2D eigenvalue weighted by Crippen LogP contribution is 2.21. The van der Waals surface area contributed by atoms with Gasteiger partial charge in [0.25, 0.3) is 0 Å². The van der Waals surface area contributed by atoms with Crippen LogP contribution < -0.4 is 11.1 Å². The molecule has 1 unspecified atom stereocenters. The molecule has 0 aliphatic carbocycles. The molecule has 0 saturated carbocycles. The third-order valence-corrected chi connectivity index (χ3v) is 2.61. The van der Waals surface area contributed by atoms with Crippen molar-refractivity contribution in [2.75, 3.05) is 18.2 Å². The Morgan fingerprint density at radius 1 is 1.40 bits per heavy atom. The maximum absolute atomic E-state index is 13.6. The number of esters is 1. The predicted molar refractivity (Wildman–Crippen MR) is 71.2 cm³/mol. The second-order valence-electron chi connectivity index (χ2n) is 3.94. The van der Waals surface area contributed by atoms with Crippen molar-refractivity contribution < 1.29 is 13.9 Å². The van der Waals surface area contributed by atoms with Gasteiger partial charge in [-0.1, -0.05) is 30.3 Å². The van der Waals surface area contributed by atoms with Gasteiger partial charge in [0.1, 0.15) is 0 Å². The summed E-state index contributed by atoms with van der Waals surface area (Å²) < 4.78 is 18.3. The summed E-state index contributed by atoms with van der Waals surface area (Å²) in [4.78, 5) is 19.1. The van der Waals surface area contributed by atoms with Crippen molar-refractivity contribution in [3.8, 4) is 0 Å². The molecule has 0 saturated heterocycles. The van der Waals surface area contributed by atoms with Crippen LogP contribution in [0, 0.1) is 5.82 Å². The van der Waals surface area contributed by atoms with Gasteiger partial charge < -0.3 is 15.8 Å². The van der Waals surface area contributed by atoms with Gasteiger partial charge >= 0.3 is 5.97 Å². The average molecular weight is 276 g/mol. The van der Waals surface area contributed by atoms with Crippen LogP contribution in [0.1, 0.15) is 11.6 Å². The third-order valence-electron chi connectivity index (χ3n) is 2.61. The number of benzene rings is 1. The molecule has 104 valence electrons. The van der Waals surface area contributed by atoms with Gasteiger partial charge in [-0.3, -0.25) is 0 Å². The predicted octanol–water partition coefficient (Wildman–Crippen LogP) is 1.52. The fourth-order valence-corrected chi connectivity index (χ4v) is 1.66. The minimum absolute atomic E-state index is 0.0921. The number of carbonyl (C=O) groups is 1. The lowest BCUT2D eigenvalue weighted by Crippen LogP contribution is -2.23. The van der Waals surface area contributed by atoms with E-state index in [0.717, 1.165) is 6.20 Å². The van der Waals surface area contributed by atoms with Crippen molar-refractivity contribution in [1.82, 2.24) is 9.97 Å². The van der Waals surface area contributed by atoms with Crippen LogP contribution in [0.25, 0.3) is 0 Å². The molecule has 0 amide bonds. The molecule has 0 aliphatic rings. The summed E-state index contributed by atoms with van der Waals surface area (Å²) in [6, 6.07) is 7.88. The molecule has 0 aliphatic heterocycles. The lowest BCUT2D eigenvalue weighted by Gasteiger charge is -2.17. The van der Waals surface area contributed by atoms with Gasteiger partial charge in [0.15, 0.2) is 17.7 Å². The van der Waals surface area contributed by atoms with Gasteiger partial charge in [-0.25, -0.2) is 14.2 Å². The Morgan fingerprint density at radius 3 is 2.75 bits per heavy atom. The third kappa shape index (κ3) is 3.00. The normalized spacial score (nSPS) is 11.7. The first kappa shape index (κ1) is 13.7. The van der Waals surface area contributed by atoms with Gasteiger partial charge in [0.2, 0.25) is 5.95 Å². The first-order valence-corrected chi connectivity index (χ1v) is 5.79. The van der Waals surface area contributed by atoms with Crippen molar-refractivity contribution in [3.05, 3.63) is 47.9 Å². The topological polar surface area (TPSA) is 90.1 Å². The summed E-state index contributed by atoms with van der Waals surface area (Å²) in [6.45, 7) is 0. The van der Waals surface area contributed by atoms with E-state index in [2.05, 4.69) is 15.3 Å². The van der Waals surface area contributed by atoms with Crippen LogP contribution in [0.3, 0.4) is 0 Å². The minimum atomic E-state index is -0.884. The Kier molecular flexibility index (Phi) is 4.09. The molecule has 2 aromatic rings. The number of ether oxygens (including phenoxy) is 1. The quantitative estimate of drug-likeness (QED) is 0.823. The molecule has 3 N–H and O–H groups in total. The van der Waals surface area contributed by atoms with E-state index in [4.69, 9.17) is 10.5 Å². The van der Waals surface area contributed by atoms with E-state index in [1.165, 1.54) is 7.11 Å². The largest absolute Gasteiger partial charge is 0.467 e. The van der Waals surface area contributed by atoms with Crippen LogP contribution in [0.2, 0.25) is 0 Å². The maximum atomic E-state index is 13.6. The second kappa shape index (κ2) is 5.96. The molecule has 2 rings (SSSR count). The molecule has 1 heterocycles. The number of nitrogen functional groups attached to an aromatic ring is 1. The standard InChI is InChI=1S/C13H13FN4O2/c1-20-12(19)10(8-5-3-2-4-6-8)17-11-9(14)7-16-13(15)18-11/h2-7,10H,1H3,(H3,15,16,17,18). The monoisotopic (exact) mass is 276 g/mol. The summed E-state index contributed by atoms with van der Waals surface area (Å²) in [5, 5.41) is 2.67. The van der Waals surface area contributed by atoms with Gasteiger partial charge in [-0.15, -0.1) is 0 Å². The number of halogens is 1. The molecular formula is C13H13FN4O2. The highest BCUT2D eigenvalue weighted by atomic mass is 19.1. The molecule has 0 bridgehead atoms. The molecule has 0 fully saturated rings. The van der Waals surface area contributed by atoms with E-state index in [1.807, 2.05) is 0 Å². The lowest BCUT2D eigenvalue weighted by atomic mass is 10.1. The van der Waals surface area contributed by atoms with Crippen LogP contribution in [0.4, 0.5) is 16.2 Å². The molecule has 1 aromatic carbocycles. The van der Waals surface area contributed by atoms with E-state index < -0.39 is 17.8 Å². The number of hydrogen-bond donors (Lipinski definition) is 2. The molecule has 7 heteroatoms. The minimum Gasteiger partial charge on any atom is -0.467 e. The number of nitrogens with zero attached hydrogens (tertiary/aromatic N) is 2. The van der Waals surface area contributed by atoms with Gasteiger partial charge in [-0.2, -0.15) is 4.98 Å². The summed E-state index contributed by atoms with van der Waals surface area (Å²) in [6.07, 6.45) is 0.935. The van der Waals surface area contributed by atoms with E-state index in [-0.39, 0.29) is 11.8 Å². The Bertz CT molecular complexity index is 607. The maximum Gasteiger partial charge on any atom is 0.333 e. The van der Waals surface area contributed by atoms with Gasteiger partial charge in [0, 0.05) is 0 Å². The number of nitrogens with two attached hydrogens (primary N) is 1. The number of carbonyl (C=O) groups excluding carboxylic acids is 1. The molecule has 0 spiro atoms. The van der Waals surface area contributed by atoms with Crippen LogP contribution in [0.15, 0.2) is 36.5 Å². The van der Waals surface area contributed by atoms with Crippen molar-refractivity contribution in [1.29, 1.82) is 0 Å². The fraction of sp³-hybridized carbons (Fsp3) is 0.154. The fourth-order valence-electron chi connectivity index (χ4n) is 1.66. The molecule has 1 atom stereocenters. The first-order chi connectivity index (χ1) is 9.61. The molecule has 20 heavy (non-hydrogen) atoms.